The minimum atomic E-state index is -0.116. The molecule has 1 N–H and O–H groups in total. The lowest BCUT2D eigenvalue weighted by Gasteiger charge is -2.20. The van der Waals surface area contributed by atoms with Gasteiger partial charge in [-0.1, -0.05) is 0 Å². The van der Waals surface area contributed by atoms with Gasteiger partial charge < -0.3 is 10.2 Å². The summed E-state index contributed by atoms with van der Waals surface area (Å²) in [5.74, 6) is 0.479. The molecule has 1 heterocycles. The summed E-state index contributed by atoms with van der Waals surface area (Å²) in [6.07, 6.45) is 3.05. The number of carbonyl (C=O) groups is 1. The monoisotopic (exact) mass is 208 g/mol. The third-order valence-corrected chi connectivity index (χ3v) is 2.20. The Bertz CT molecular complexity index is 351. The molecular formula is C10H16N4O. The van der Waals surface area contributed by atoms with E-state index in [1.165, 1.54) is 6.20 Å². The number of carbonyl (C=O) groups excluding carboxylic acids is 1. The molecule has 5 nitrogen and oxygen atoms in total. The number of aromatic nitrogens is 2. The quantitative estimate of drug-likeness (QED) is 0.805. The molecule has 1 aromatic heterocycles. The van der Waals surface area contributed by atoms with Crippen molar-refractivity contribution >= 4 is 11.7 Å². The zero-order valence-corrected chi connectivity index (χ0v) is 9.48. The molecule has 82 valence electrons. The molecule has 0 spiro atoms. The number of hydrogen-bond acceptors (Lipinski definition) is 4. The van der Waals surface area contributed by atoms with Gasteiger partial charge in [0.1, 0.15) is 11.5 Å². The van der Waals surface area contributed by atoms with Gasteiger partial charge in [-0.3, -0.25) is 9.78 Å². The molecule has 1 rings (SSSR count). The standard InChI is InChI=1S/C10H16N4O/c1-7(2)14(4)10(15)8-5-12-6-9(11-3)13-8/h5-7H,1-4H3,(H,11,13). The molecule has 0 bridgehead atoms. The molecule has 0 aromatic carbocycles. The summed E-state index contributed by atoms with van der Waals surface area (Å²) in [4.78, 5) is 21.6. The Labute approximate surface area is 89.5 Å². The van der Waals surface area contributed by atoms with E-state index in [2.05, 4.69) is 15.3 Å². The van der Waals surface area contributed by atoms with Crippen molar-refractivity contribution in [3.8, 4) is 0 Å². The summed E-state index contributed by atoms with van der Waals surface area (Å²) in [6.45, 7) is 3.90. The topological polar surface area (TPSA) is 58.1 Å². The Morgan fingerprint density at radius 1 is 1.47 bits per heavy atom. The van der Waals surface area contributed by atoms with Crippen LogP contribution in [-0.2, 0) is 0 Å². The van der Waals surface area contributed by atoms with E-state index in [9.17, 15) is 4.79 Å². The number of rotatable bonds is 3. The second-order valence-corrected chi connectivity index (χ2v) is 3.55. The first-order chi connectivity index (χ1) is 7.06. The van der Waals surface area contributed by atoms with Crippen molar-refractivity contribution in [1.82, 2.24) is 14.9 Å². The highest BCUT2D eigenvalue weighted by Gasteiger charge is 2.16. The summed E-state index contributed by atoms with van der Waals surface area (Å²) in [5, 5.41) is 2.85. The van der Waals surface area contributed by atoms with Crippen molar-refractivity contribution in [2.75, 3.05) is 19.4 Å². The van der Waals surface area contributed by atoms with Crippen molar-refractivity contribution in [2.24, 2.45) is 0 Å². The van der Waals surface area contributed by atoms with Gasteiger partial charge in [0.25, 0.3) is 5.91 Å². The molecular weight excluding hydrogens is 192 g/mol. The van der Waals surface area contributed by atoms with Crippen LogP contribution in [0.1, 0.15) is 24.3 Å². The maximum atomic E-state index is 11.8. The zero-order valence-electron chi connectivity index (χ0n) is 9.48. The van der Waals surface area contributed by atoms with Crippen LogP contribution in [0.4, 0.5) is 5.82 Å². The number of nitrogens with one attached hydrogen (secondary N) is 1. The molecule has 0 fully saturated rings. The van der Waals surface area contributed by atoms with Crippen LogP contribution in [0.25, 0.3) is 0 Å². The van der Waals surface area contributed by atoms with Crippen molar-refractivity contribution < 1.29 is 4.79 Å². The van der Waals surface area contributed by atoms with Crippen molar-refractivity contribution in [1.29, 1.82) is 0 Å². The lowest BCUT2D eigenvalue weighted by Crippen LogP contribution is -2.33. The highest BCUT2D eigenvalue weighted by molar-refractivity contribution is 5.92. The van der Waals surface area contributed by atoms with Crippen molar-refractivity contribution in [3.05, 3.63) is 18.1 Å². The summed E-state index contributed by atoms with van der Waals surface area (Å²) >= 11 is 0. The third-order valence-electron chi connectivity index (χ3n) is 2.20. The smallest absolute Gasteiger partial charge is 0.274 e. The normalized spacial score (nSPS) is 10.2. The SMILES string of the molecule is CNc1cncc(C(=O)N(C)C(C)C)n1. The fraction of sp³-hybridized carbons (Fsp3) is 0.500. The first-order valence-corrected chi connectivity index (χ1v) is 4.83. The van der Waals surface area contributed by atoms with Gasteiger partial charge in [0.2, 0.25) is 0 Å². The van der Waals surface area contributed by atoms with Crippen LogP contribution < -0.4 is 5.32 Å². The Hall–Kier alpha value is -1.65. The molecule has 1 aromatic rings. The predicted molar refractivity (Wildman–Crippen MR) is 58.8 cm³/mol. The number of hydrogen-bond donors (Lipinski definition) is 1. The minimum absolute atomic E-state index is 0.116. The van der Waals surface area contributed by atoms with E-state index in [4.69, 9.17) is 0 Å². The lowest BCUT2D eigenvalue weighted by molar-refractivity contribution is 0.0748. The molecule has 15 heavy (non-hydrogen) atoms. The number of anilines is 1. The van der Waals surface area contributed by atoms with Gasteiger partial charge in [-0.15, -0.1) is 0 Å². The van der Waals surface area contributed by atoms with Gasteiger partial charge in [0.05, 0.1) is 12.4 Å². The van der Waals surface area contributed by atoms with Gasteiger partial charge in [-0.25, -0.2) is 4.98 Å². The predicted octanol–water partition coefficient (Wildman–Crippen LogP) is 0.999. The first kappa shape index (κ1) is 11.4. The molecule has 0 saturated heterocycles. The van der Waals surface area contributed by atoms with Crippen LogP contribution in [0.3, 0.4) is 0 Å². The minimum Gasteiger partial charge on any atom is -0.372 e. The van der Waals surface area contributed by atoms with E-state index in [-0.39, 0.29) is 11.9 Å². The van der Waals surface area contributed by atoms with Gasteiger partial charge in [-0.05, 0) is 13.8 Å². The molecule has 0 aliphatic carbocycles. The van der Waals surface area contributed by atoms with Crippen molar-refractivity contribution in [2.45, 2.75) is 19.9 Å². The van der Waals surface area contributed by atoms with Crippen LogP contribution in [0.2, 0.25) is 0 Å². The number of amides is 1. The molecule has 0 aliphatic rings. The molecule has 5 heteroatoms. The molecule has 0 saturated carbocycles. The summed E-state index contributed by atoms with van der Waals surface area (Å²) in [6, 6.07) is 0.151. The molecule has 0 aliphatic heterocycles. The molecule has 0 unspecified atom stereocenters. The van der Waals surface area contributed by atoms with Crippen LogP contribution in [0.5, 0.6) is 0 Å². The Kier molecular flexibility index (Phi) is 3.60. The summed E-state index contributed by atoms with van der Waals surface area (Å²) < 4.78 is 0. The van der Waals surface area contributed by atoms with E-state index in [1.54, 1.807) is 25.2 Å². The lowest BCUT2D eigenvalue weighted by atomic mass is 10.3. The zero-order chi connectivity index (χ0) is 11.4. The second kappa shape index (κ2) is 4.72. The van der Waals surface area contributed by atoms with Crippen LogP contribution >= 0.6 is 0 Å². The van der Waals surface area contributed by atoms with Gasteiger partial charge in [0.15, 0.2) is 0 Å². The average Bonchev–Trinajstić information content (AvgIpc) is 2.27. The van der Waals surface area contributed by atoms with E-state index >= 15 is 0 Å². The van der Waals surface area contributed by atoms with E-state index in [0.29, 0.717) is 11.5 Å². The highest BCUT2D eigenvalue weighted by Crippen LogP contribution is 2.05. The van der Waals surface area contributed by atoms with Gasteiger partial charge >= 0.3 is 0 Å². The van der Waals surface area contributed by atoms with Crippen LogP contribution in [0, 0.1) is 0 Å². The van der Waals surface area contributed by atoms with Crippen LogP contribution in [-0.4, -0.2) is 40.9 Å². The average molecular weight is 208 g/mol. The van der Waals surface area contributed by atoms with Crippen LogP contribution in [0.15, 0.2) is 12.4 Å². The largest absolute Gasteiger partial charge is 0.372 e. The number of nitrogens with zero attached hydrogens (tertiary/aromatic N) is 3. The third kappa shape index (κ3) is 2.65. The Morgan fingerprint density at radius 2 is 2.13 bits per heavy atom. The van der Waals surface area contributed by atoms with E-state index < -0.39 is 0 Å². The fourth-order valence-electron chi connectivity index (χ4n) is 1.00. The molecule has 0 radical (unpaired) electrons. The fourth-order valence-corrected chi connectivity index (χ4v) is 1.00. The van der Waals surface area contributed by atoms with E-state index in [0.717, 1.165) is 0 Å². The first-order valence-electron chi connectivity index (χ1n) is 4.83. The Morgan fingerprint density at radius 3 is 2.67 bits per heavy atom. The summed E-state index contributed by atoms with van der Waals surface area (Å²) in [7, 11) is 3.49. The van der Waals surface area contributed by atoms with Gasteiger partial charge in [-0.2, -0.15) is 0 Å². The highest BCUT2D eigenvalue weighted by atomic mass is 16.2. The van der Waals surface area contributed by atoms with Gasteiger partial charge in [0, 0.05) is 20.1 Å². The second-order valence-electron chi connectivity index (χ2n) is 3.55. The van der Waals surface area contributed by atoms with E-state index in [1.807, 2.05) is 13.8 Å². The maximum absolute atomic E-state index is 11.8. The molecule has 1 amide bonds. The van der Waals surface area contributed by atoms with Crippen molar-refractivity contribution in [3.63, 3.8) is 0 Å². The Balaban J connectivity index is 2.91. The maximum Gasteiger partial charge on any atom is 0.274 e. The molecule has 0 atom stereocenters. The summed E-state index contributed by atoms with van der Waals surface area (Å²) in [5.41, 5.74) is 0.359.